The minimum absolute atomic E-state index is 0.494. The monoisotopic (exact) mass is 396 g/mol. The highest BCUT2D eigenvalue weighted by Gasteiger charge is 2.18. The van der Waals surface area contributed by atoms with E-state index in [0.717, 1.165) is 33.6 Å². The van der Waals surface area contributed by atoms with E-state index < -0.39 is 0 Å². The van der Waals surface area contributed by atoms with Crippen molar-refractivity contribution in [1.29, 1.82) is 0 Å². The summed E-state index contributed by atoms with van der Waals surface area (Å²) in [5, 5.41) is 10.2. The summed E-state index contributed by atoms with van der Waals surface area (Å²) in [7, 11) is 0. The molecule has 0 spiro atoms. The van der Waals surface area contributed by atoms with Crippen molar-refractivity contribution in [2.75, 3.05) is 0 Å². The molecule has 7 heteroatoms. The summed E-state index contributed by atoms with van der Waals surface area (Å²) >= 11 is 7.49. The number of rotatable bonds is 6. The molecule has 0 bridgehead atoms. The maximum Gasteiger partial charge on any atom is 0.192 e. The fraction of sp³-hybridized carbons (Fsp3) is 0.150. The van der Waals surface area contributed by atoms with Crippen LogP contribution in [0.15, 0.2) is 70.6 Å². The molecule has 0 saturated carbocycles. The van der Waals surface area contributed by atoms with Crippen LogP contribution in [0.25, 0.3) is 11.4 Å². The third-order valence-electron chi connectivity index (χ3n) is 4.16. The Labute approximate surface area is 166 Å². The summed E-state index contributed by atoms with van der Waals surface area (Å²) in [6, 6.07) is 16.0. The number of aryl methyl sites for hydroxylation is 1. The Morgan fingerprint density at radius 1 is 1.04 bits per heavy atom. The van der Waals surface area contributed by atoms with Gasteiger partial charge in [0.05, 0.1) is 18.4 Å². The van der Waals surface area contributed by atoms with E-state index in [1.807, 2.05) is 37.3 Å². The quantitative estimate of drug-likeness (QED) is 0.329. The van der Waals surface area contributed by atoms with Crippen molar-refractivity contribution in [3.05, 3.63) is 83.0 Å². The van der Waals surface area contributed by atoms with Crippen LogP contribution < -0.4 is 0 Å². The molecule has 0 aliphatic carbocycles. The molecule has 0 radical (unpaired) electrons. The zero-order valence-corrected chi connectivity index (χ0v) is 16.2. The maximum atomic E-state index is 5.87. The van der Waals surface area contributed by atoms with Gasteiger partial charge >= 0.3 is 0 Å². The Morgan fingerprint density at radius 2 is 1.89 bits per heavy atom. The molecule has 0 saturated heterocycles. The van der Waals surface area contributed by atoms with Crippen molar-refractivity contribution in [1.82, 2.24) is 19.7 Å². The summed E-state index contributed by atoms with van der Waals surface area (Å²) in [4.78, 5) is 4.14. The number of benzene rings is 1. The van der Waals surface area contributed by atoms with Crippen LogP contribution in [0.1, 0.15) is 16.9 Å². The standard InChI is InChI=1S/C20H17ClN4OS/c1-14-17(9-10-26-14)19-23-24-20(25(19)12-15-5-3-2-4-6-15)27-13-16-7-8-18(21)22-11-16/h2-11H,12-13H2,1H3. The van der Waals surface area contributed by atoms with Gasteiger partial charge in [-0.1, -0.05) is 59.8 Å². The third-order valence-corrected chi connectivity index (χ3v) is 5.42. The summed E-state index contributed by atoms with van der Waals surface area (Å²) in [5.41, 5.74) is 3.23. The van der Waals surface area contributed by atoms with E-state index in [1.54, 1.807) is 30.3 Å². The number of hydrogen-bond donors (Lipinski definition) is 0. The summed E-state index contributed by atoms with van der Waals surface area (Å²) in [6.45, 7) is 2.62. The SMILES string of the molecule is Cc1occc1-c1nnc(SCc2ccc(Cl)nc2)n1Cc1ccccc1. The molecule has 3 heterocycles. The van der Waals surface area contributed by atoms with E-state index in [4.69, 9.17) is 16.0 Å². The van der Waals surface area contributed by atoms with Crippen molar-refractivity contribution in [2.24, 2.45) is 0 Å². The van der Waals surface area contributed by atoms with Crippen LogP contribution in [-0.4, -0.2) is 19.7 Å². The Balaban J connectivity index is 1.65. The number of thioether (sulfide) groups is 1. The van der Waals surface area contributed by atoms with Gasteiger partial charge in [0.2, 0.25) is 0 Å². The molecule has 27 heavy (non-hydrogen) atoms. The predicted octanol–water partition coefficient (Wildman–Crippen LogP) is 5.24. The number of pyridine rings is 1. The third kappa shape index (κ3) is 4.07. The van der Waals surface area contributed by atoms with Gasteiger partial charge in [0, 0.05) is 11.9 Å². The Hall–Kier alpha value is -2.57. The Bertz CT molecular complexity index is 1030. The van der Waals surface area contributed by atoms with Gasteiger partial charge in [-0.2, -0.15) is 0 Å². The highest BCUT2D eigenvalue weighted by atomic mass is 35.5. The van der Waals surface area contributed by atoms with E-state index in [0.29, 0.717) is 11.7 Å². The van der Waals surface area contributed by atoms with Crippen LogP contribution in [0.5, 0.6) is 0 Å². The highest BCUT2D eigenvalue weighted by Crippen LogP contribution is 2.29. The second kappa shape index (κ2) is 7.98. The Morgan fingerprint density at radius 3 is 2.59 bits per heavy atom. The second-order valence-electron chi connectivity index (χ2n) is 6.05. The van der Waals surface area contributed by atoms with Crippen molar-refractivity contribution in [3.63, 3.8) is 0 Å². The fourth-order valence-corrected chi connectivity index (χ4v) is 3.74. The van der Waals surface area contributed by atoms with Crippen molar-refractivity contribution in [3.8, 4) is 11.4 Å². The highest BCUT2D eigenvalue weighted by molar-refractivity contribution is 7.98. The van der Waals surface area contributed by atoms with Crippen LogP contribution in [0.2, 0.25) is 5.15 Å². The lowest BCUT2D eigenvalue weighted by atomic mass is 10.2. The molecule has 0 amide bonds. The molecule has 4 aromatic rings. The molecular weight excluding hydrogens is 380 g/mol. The molecule has 0 aliphatic rings. The van der Waals surface area contributed by atoms with Crippen LogP contribution in [0.3, 0.4) is 0 Å². The van der Waals surface area contributed by atoms with Gasteiger partial charge in [0.1, 0.15) is 10.9 Å². The molecule has 3 aromatic heterocycles. The summed E-state index contributed by atoms with van der Waals surface area (Å²) in [6.07, 6.45) is 3.47. The first kappa shape index (κ1) is 17.8. The van der Waals surface area contributed by atoms with Gasteiger partial charge in [-0.3, -0.25) is 4.57 Å². The fourth-order valence-electron chi connectivity index (χ4n) is 2.76. The van der Waals surface area contributed by atoms with Gasteiger partial charge in [-0.25, -0.2) is 4.98 Å². The zero-order valence-electron chi connectivity index (χ0n) is 14.7. The first-order valence-corrected chi connectivity index (χ1v) is 9.82. The average Bonchev–Trinajstić information content (AvgIpc) is 3.28. The van der Waals surface area contributed by atoms with Crippen LogP contribution in [0.4, 0.5) is 0 Å². The number of hydrogen-bond acceptors (Lipinski definition) is 5. The topological polar surface area (TPSA) is 56.7 Å². The van der Waals surface area contributed by atoms with Crippen molar-refractivity contribution in [2.45, 2.75) is 24.4 Å². The number of aromatic nitrogens is 4. The van der Waals surface area contributed by atoms with E-state index in [9.17, 15) is 0 Å². The molecule has 0 aliphatic heterocycles. The van der Waals surface area contributed by atoms with Crippen LogP contribution >= 0.6 is 23.4 Å². The molecule has 0 fully saturated rings. The Kier molecular flexibility index (Phi) is 5.27. The van der Waals surface area contributed by atoms with E-state index in [1.165, 1.54) is 5.56 Å². The molecule has 0 atom stereocenters. The first-order chi connectivity index (χ1) is 13.2. The molecule has 1 aromatic carbocycles. The van der Waals surface area contributed by atoms with Gasteiger partial charge in [0.25, 0.3) is 0 Å². The van der Waals surface area contributed by atoms with Gasteiger partial charge in [0.15, 0.2) is 11.0 Å². The lowest BCUT2D eigenvalue weighted by Gasteiger charge is -2.10. The van der Waals surface area contributed by atoms with Crippen LogP contribution in [-0.2, 0) is 12.3 Å². The van der Waals surface area contributed by atoms with E-state index in [2.05, 4.69) is 31.9 Å². The lowest BCUT2D eigenvalue weighted by Crippen LogP contribution is -2.04. The number of halogens is 1. The number of furan rings is 1. The number of nitrogens with zero attached hydrogens (tertiary/aromatic N) is 4. The molecule has 4 rings (SSSR count). The van der Waals surface area contributed by atoms with E-state index in [-0.39, 0.29) is 0 Å². The second-order valence-corrected chi connectivity index (χ2v) is 7.38. The van der Waals surface area contributed by atoms with Crippen LogP contribution in [0, 0.1) is 6.92 Å². The molecule has 0 unspecified atom stereocenters. The first-order valence-electron chi connectivity index (χ1n) is 8.45. The zero-order chi connectivity index (χ0) is 18.6. The normalized spacial score (nSPS) is 11.0. The van der Waals surface area contributed by atoms with E-state index >= 15 is 0 Å². The van der Waals surface area contributed by atoms with Crippen molar-refractivity contribution >= 4 is 23.4 Å². The summed E-state index contributed by atoms with van der Waals surface area (Å²) in [5.74, 6) is 2.37. The average molecular weight is 397 g/mol. The van der Waals surface area contributed by atoms with Gasteiger partial charge in [-0.15, -0.1) is 10.2 Å². The molecule has 0 N–H and O–H groups in total. The predicted molar refractivity (Wildman–Crippen MR) is 107 cm³/mol. The van der Waals surface area contributed by atoms with Gasteiger partial charge in [-0.05, 0) is 30.2 Å². The largest absolute Gasteiger partial charge is 0.469 e. The molecular formula is C20H17ClN4OS. The molecule has 5 nitrogen and oxygen atoms in total. The molecule has 136 valence electrons. The smallest absolute Gasteiger partial charge is 0.192 e. The maximum absolute atomic E-state index is 5.87. The minimum atomic E-state index is 0.494. The minimum Gasteiger partial charge on any atom is -0.469 e. The summed E-state index contributed by atoms with van der Waals surface area (Å²) < 4.78 is 7.59. The van der Waals surface area contributed by atoms with Gasteiger partial charge < -0.3 is 4.42 Å². The van der Waals surface area contributed by atoms with Crippen molar-refractivity contribution < 1.29 is 4.42 Å². The lowest BCUT2D eigenvalue weighted by molar-refractivity contribution is 0.534.